The number of nitrogens with zero attached hydrogens (tertiary/aromatic N) is 2. The second-order valence-corrected chi connectivity index (χ2v) is 7.99. The van der Waals surface area contributed by atoms with Gasteiger partial charge in [-0.05, 0) is 42.7 Å². The van der Waals surface area contributed by atoms with E-state index < -0.39 is 0 Å². The molecule has 5 nitrogen and oxygen atoms in total. The van der Waals surface area contributed by atoms with Gasteiger partial charge in [0.1, 0.15) is 5.76 Å². The van der Waals surface area contributed by atoms with Crippen molar-refractivity contribution in [1.29, 1.82) is 0 Å². The van der Waals surface area contributed by atoms with Crippen LogP contribution in [0, 0.1) is 5.41 Å². The van der Waals surface area contributed by atoms with Gasteiger partial charge < -0.3 is 10.0 Å². The van der Waals surface area contributed by atoms with Crippen LogP contribution in [0.4, 0.5) is 11.4 Å². The van der Waals surface area contributed by atoms with Gasteiger partial charge in [-0.2, -0.15) is 0 Å². The molecule has 0 unspecified atom stereocenters. The SMILES string of the molecule is CCN(C(=O)c1cccc(N=CC2=C(O)CC(C)(C)CC2=O)c1)c1ccccc1. The lowest BCUT2D eigenvalue weighted by molar-refractivity contribution is -0.117. The Morgan fingerprint density at radius 2 is 1.86 bits per heavy atom. The normalized spacial score (nSPS) is 16.3. The molecular formula is C24H26N2O3. The molecule has 0 bridgehead atoms. The van der Waals surface area contributed by atoms with Crippen LogP contribution in [-0.4, -0.2) is 29.6 Å². The van der Waals surface area contributed by atoms with Crippen molar-refractivity contribution in [3.63, 3.8) is 0 Å². The first kappa shape index (κ1) is 20.5. The van der Waals surface area contributed by atoms with E-state index in [0.29, 0.717) is 30.6 Å². The van der Waals surface area contributed by atoms with Gasteiger partial charge in [-0.3, -0.25) is 14.6 Å². The van der Waals surface area contributed by atoms with Gasteiger partial charge in [0.25, 0.3) is 5.91 Å². The lowest BCUT2D eigenvalue weighted by Gasteiger charge is -2.28. The number of amides is 1. The minimum absolute atomic E-state index is 0.0727. The van der Waals surface area contributed by atoms with Crippen molar-refractivity contribution >= 4 is 29.3 Å². The minimum Gasteiger partial charge on any atom is -0.511 e. The summed E-state index contributed by atoms with van der Waals surface area (Å²) in [5.41, 5.74) is 1.91. The van der Waals surface area contributed by atoms with Crippen molar-refractivity contribution in [2.24, 2.45) is 10.4 Å². The summed E-state index contributed by atoms with van der Waals surface area (Å²) in [6.45, 7) is 6.38. The Bertz CT molecular complexity index is 975. The molecule has 1 N–H and O–H groups in total. The van der Waals surface area contributed by atoms with Crippen LogP contribution in [-0.2, 0) is 4.79 Å². The molecule has 2 aromatic carbocycles. The minimum atomic E-state index is -0.244. The van der Waals surface area contributed by atoms with Crippen LogP contribution in [0.25, 0.3) is 0 Å². The first-order valence-corrected chi connectivity index (χ1v) is 9.77. The number of Topliss-reactive ketones (excluding diaryl/α,β-unsaturated/α-hetero) is 1. The van der Waals surface area contributed by atoms with Crippen LogP contribution in [0.2, 0.25) is 0 Å². The molecule has 0 aromatic heterocycles. The molecule has 1 aliphatic rings. The van der Waals surface area contributed by atoms with Gasteiger partial charge in [-0.1, -0.05) is 38.1 Å². The fourth-order valence-electron chi connectivity index (χ4n) is 3.51. The molecule has 0 radical (unpaired) electrons. The van der Waals surface area contributed by atoms with Crippen LogP contribution in [0.15, 0.2) is 70.9 Å². The summed E-state index contributed by atoms with van der Waals surface area (Å²) in [5.74, 6) is -0.160. The second-order valence-electron chi connectivity index (χ2n) is 7.99. The highest BCUT2D eigenvalue weighted by Gasteiger charge is 2.32. The zero-order valence-electron chi connectivity index (χ0n) is 17.1. The Balaban J connectivity index is 1.84. The molecule has 0 fully saturated rings. The van der Waals surface area contributed by atoms with Gasteiger partial charge in [0.15, 0.2) is 5.78 Å². The molecule has 1 amide bonds. The van der Waals surface area contributed by atoms with Gasteiger partial charge in [0, 0.05) is 36.9 Å². The Morgan fingerprint density at radius 1 is 1.14 bits per heavy atom. The van der Waals surface area contributed by atoms with Crippen molar-refractivity contribution in [3.8, 4) is 0 Å². The molecule has 1 aliphatic carbocycles. The molecule has 0 saturated heterocycles. The predicted molar refractivity (Wildman–Crippen MR) is 116 cm³/mol. The van der Waals surface area contributed by atoms with E-state index in [2.05, 4.69) is 4.99 Å². The lowest BCUT2D eigenvalue weighted by Crippen LogP contribution is -2.30. The maximum atomic E-state index is 13.0. The van der Waals surface area contributed by atoms with Crippen LogP contribution in [0.1, 0.15) is 44.0 Å². The van der Waals surface area contributed by atoms with Gasteiger partial charge in [0.05, 0.1) is 11.3 Å². The summed E-state index contributed by atoms with van der Waals surface area (Å²) in [4.78, 5) is 31.4. The highest BCUT2D eigenvalue weighted by atomic mass is 16.3. The highest BCUT2D eigenvalue weighted by molar-refractivity contribution is 6.15. The van der Waals surface area contributed by atoms with Crippen molar-refractivity contribution in [1.82, 2.24) is 0 Å². The summed E-state index contributed by atoms with van der Waals surface area (Å²) < 4.78 is 0. The number of allylic oxidation sites excluding steroid dienone is 2. The van der Waals surface area contributed by atoms with Crippen molar-refractivity contribution in [3.05, 3.63) is 71.5 Å². The molecule has 0 aliphatic heterocycles. The molecule has 3 rings (SSSR count). The van der Waals surface area contributed by atoms with Gasteiger partial charge in [-0.25, -0.2) is 0 Å². The van der Waals surface area contributed by atoms with E-state index in [9.17, 15) is 14.7 Å². The number of aliphatic hydroxyl groups excluding tert-OH is 1. The van der Waals surface area contributed by atoms with Crippen LogP contribution >= 0.6 is 0 Å². The number of hydrogen-bond acceptors (Lipinski definition) is 4. The van der Waals surface area contributed by atoms with Gasteiger partial charge in [-0.15, -0.1) is 0 Å². The van der Waals surface area contributed by atoms with Crippen molar-refractivity contribution in [2.75, 3.05) is 11.4 Å². The van der Waals surface area contributed by atoms with Crippen LogP contribution in [0.3, 0.4) is 0 Å². The maximum absolute atomic E-state index is 13.0. The highest BCUT2D eigenvalue weighted by Crippen LogP contribution is 2.35. The molecule has 5 heteroatoms. The number of carbonyl (C=O) groups excluding carboxylic acids is 2. The number of carbonyl (C=O) groups is 2. The predicted octanol–water partition coefficient (Wildman–Crippen LogP) is 5.26. The largest absolute Gasteiger partial charge is 0.511 e. The first-order valence-electron chi connectivity index (χ1n) is 9.77. The third kappa shape index (κ3) is 4.80. The summed E-state index contributed by atoms with van der Waals surface area (Å²) in [5, 5.41) is 10.2. The van der Waals surface area contributed by atoms with Gasteiger partial charge in [0.2, 0.25) is 0 Å². The number of aliphatic imine (C=N–C) groups is 1. The standard InChI is InChI=1S/C24H26N2O3/c1-4-26(19-11-6-5-7-12-19)23(29)17-9-8-10-18(13-17)25-16-20-21(27)14-24(2,3)15-22(20)28/h5-13,16,27H,4,14-15H2,1-3H3. The van der Waals surface area contributed by atoms with E-state index in [0.717, 1.165) is 5.69 Å². The summed E-state index contributed by atoms with van der Waals surface area (Å²) in [7, 11) is 0. The number of ketones is 1. The van der Waals surface area contributed by atoms with E-state index in [1.165, 1.54) is 6.21 Å². The number of rotatable bonds is 5. The first-order chi connectivity index (χ1) is 13.8. The second kappa shape index (κ2) is 8.43. The molecule has 150 valence electrons. The molecule has 0 heterocycles. The average Bonchev–Trinajstić information content (AvgIpc) is 2.68. The maximum Gasteiger partial charge on any atom is 0.258 e. The number of aliphatic hydroxyl groups is 1. The zero-order valence-corrected chi connectivity index (χ0v) is 17.1. The molecule has 2 aromatic rings. The molecule has 29 heavy (non-hydrogen) atoms. The Hall–Kier alpha value is -3.21. The molecular weight excluding hydrogens is 364 g/mol. The Morgan fingerprint density at radius 3 is 2.52 bits per heavy atom. The smallest absolute Gasteiger partial charge is 0.258 e. The Kier molecular flexibility index (Phi) is 5.97. The molecule has 0 spiro atoms. The average molecular weight is 390 g/mol. The zero-order chi connectivity index (χ0) is 21.0. The summed E-state index contributed by atoms with van der Waals surface area (Å²) >= 11 is 0. The fourth-order valence-corrected chi connectivity index (χ4v) is 3.51. The van der Waals surface area contributed by atoms with Crippen LogP contribution < -0.4 is 4.90 Å². The van der Waals surface area contributed by atoms with Crippen molar-refractivity contribution < 1.29 is 14.7 Å². The van der Waals surface area contributed by atoms with E-state index in [1.54, 1.807) is 29.2 Å². The van der Waals surface area contributed by atoms with E-state index in [1.807, 2.05) is 51.1 Å². The Labute approximate surface area is 171 Å². The van der Waals surface area contributed by atoms with Crippen LogP contribution in [0.5, 0.6) is 0 Å². The van der Waals surface area contributed by atoms with Gasteiger partial charge >= 0.3 is 0 Å². The lowest BCUT2D eigenvalue weighted by atomic mass is 9.77. The third-order valence-corrected chi connectivity index (χ3v) is 4.96. The third-order valence-electron chi connectivity index (χ3n) is 4.96. The summed E-state index contributed by atoms with van der Waals surface area (Å²) in [6.07, 6.45) is 2.23. The van der Waals surface area contributed by atoms with Crippen molar-refractivity contribution in [2.45, 2.75) is 33.6 Å². The molecule has 0 saturated carbocycles. The number of para-hydroxylation sites is 1. The fraction of sp³-hybridized carbons (Fsp3) is 0.292. The molecule has 0 atom stereocenters. The van der Waals surface area contributed by atoms with E-state index >= 15 is 0 Å². The number of anilines is 1. The van der Waals surface area contributed by atoms with E-state index in [4.69, 9.17) is 0 Å². The quantitative estimate of drug-likeness (QED) is 0.708. The number of hydrogen-bond donors (Lipinski definition) is 1. The van der Waals surface area contributed by atoms with E-state index in [-0.39, 0.29) is 28.4 Å². The monoisotopic (exact) mass is 390 g/mol. The topological polar surface area (TPSA) is 70.0 Å². The number of benzene rings is 2. The summed E-state index contributed by atoms with van der Waals surface area (Å²) in [6, 6.07) is 16.5.